The molecule has 0 saturated carbocycles. The third-order valence-corrected chi connectivity index (χ3v) is 3.93. The van der Waals surface area contributed by atoms with Gasteiger partial charge in [-0.25, -0.2) is 0 Å². The topological polar surface area (TPSA) is 76.1 Å². The molecule has 0 bridgehead atoms. The van der Waals surface area contributed by atoms with Crippen molar-refractivity contribution in [3.63, 3.8) is 0 Å². The lowest BCUT2D eigenvalue weighted by atomic mass is 9.90. The summed E-state index contributed by atoms with van der Waals surface area (Å²) in [5, 5.41) is 9.19. The first-order valence-corrected chi connectivity index (χ1v) is 7.46. The number of hydrogen-bond acceptors (Lipinski definition) is 4. The van der Waals surface area contributed by atoms with Gasteiger partial charge in [0.1, 0.15) is 11.5 Å². The van der Waals surface area contributed by atoms with E-state index in [4.69, 9.17) is 4.74 Å². The lowest BCUT2D eigenvalue weighted by Gasteiger charge is -2.35. The normalized spacial score (nSPS) is 20.8. The number of rotatable bonds is 5. The molecule has 0 aromatic heterocycles. The van der Waals surface area contributed by atoms with Crippen LogP contribution in [-0.2, 0) is 4.79 Å². The van der Waals surface area contributed by atoms with Crippen LogP contribution in [0.1, 0.15) is 23.7 Å². The van der Waals surface area contributed by atoms with E-state index in [1.54, 1.807) is 0 Å². The van der Waals surface area contributed by atoms with Crippen LogP contribution < -0.4 is 9.47 Å². The highest BCUT2D eigenvalue weighted by Gasteiger charge is 2.33. The molecule has 2 atom stereocenters. The Morgan fingerprint density at radius 2 is 2.04 bits per heavy atom. The summed E-state index contributed by atoms with van der Waals surface area (Å²) in [4.78, 5) is 25.3. The second-order valence-electron chi connectivity index (χ2n) is 5.83. The van der Waals surface area contributed by atoms with E-state index in [1.165, 1.54) is 30.2 Å². The molecule has 1 aromatic carbocycles. The van der Waals surface area contributed by atoms with Crippen molar-refractivity contribution in [3.8, 4) is 11.5 Å². The van der Waals surface area contributed by atoms with Crippen LogP contribution in [0.25, 0.3) is 0 Å². The fraction of sp³-hybridized carbons (Fsp3) is 0.500. The number of carbonyl (C=O) groups excluding carboxylic acids is 1. The van der Waals surface area contributed by atoms with E-state index >= 15 is 0 Å². The Labute approximate surface area is 138 Å². The van der Waals surface area contributed by atoms with Gasteiger partial charge in [0.25, 0.3) is 5.91 Å². The number of piperidine rings is 1. The standard InChI is InChI=1S/C16H19F2NO5/c1-9-5-10(15(21)22)8-19(7-9)14(20)12-4-3-11(23-2)6-13(12)24-16(17)18/h3-4,6,9-10,16H,5,7-8H2,1-2H3,(H,21,22). The van der Waals surface area contributed by atoms with E-state index in [9.17, 15) is 23.5 Å². The van der Waals surface area contributed by atoms with Gasteiger partial charge >= 0.3 is 12.6 Å². The summed E-state index contributed by atoms with van der Waals surface area (Å²) in [7, 11) is 1.37. The predicted molar refractivity (Wildman–Crippen MR) is 80.4 cm³/mol. The van der Waals surface area contributed by atoms with Gasteiger partial charge < -0.3 is 19.5 Å². The summed E-state index contributed by atoms with van der Waals surface area (Å²) in [6.07, 6.45) is 0.474. The Morgan fingerprint density at radius 3 is 2.62 bits per heavy atom. The Hall–Kier alpha value is -2.38. The number of benzene rings is 1. The molecule has 2 rings (SSSR count). The van der Waals surface area contributed by atoms with Gasteiger partial charge in [0.05, 0.1) is 18.6 Å². The van der Waals surface area contributed by atoms with Crippen LogP contribution in [-0.4, -0.2) is 48.7 Å². The van der Waals surface area contributed by atoms with Crippen molar-refractivity contribution < 1.29 is 33.0 Å². The minimum Gasteiger partial charge on any atom is -0.497 e. The van der Waals surface area contributed by atoms with Gasteiger partial charge in [-0.3, -0.25) is 9.59 Å². The highest BCUT2D eigenvalue weighted by Crippen LogP contribution is 2.30. The first-order valence-electron chi connectivity index (χ1n) is 7.46. The molecule has 0 aliphatic carbocycles. The minimum atomic E-state index is -3.09. The van der Waals surface area contributed by atoms with Crippen molar-refractivity contribution in [1.29, 1.82) is 0 Å². The van der Waals surface area contributed by atoms with Crippen LogP contribution in [0, 0.1) is 11.8 Å². The summed E-state index contributed by atoms with van der Waals surface area (Å²) in [6.45, 7) is -0.836. The smallest absolute Gasteiger partial charge is 0.387 e. The minimum absolute atomic E-state index is 0.00140. The number of halogens is 2. The largest absolute Gasteiger partial charge is 0.497 e. The van der Waals surface area contributed by atoms with Crippen LogP contribution in [0.15, 0.2) is 18.2 Å². The SMILES string of the molecule is COc1ccc(C(=O)N2CC(C)CC(C(=O)O)C2)c(OC(F)F)c1. The Kier molecular flexibility index (Phi) is 5.58. The van der Waals surface area contributed by atoms with Crippen LogP contribution >= 0.6 is 0 Å². The number of aliphatic carboxylic acids is 1. The van der Waals surface area contributed by atoms with Crippen molar-refractivity contribution in [1.82, 2.24) is 4.90 Å². The third kappa shape index (κ3) is 4.12. The zero-order chi connectivity index (χ0) is 17.9. The second-order valence-corrected chi connectivity index (χ2v) is 5.83. The summed E-state index contributed by atoms with van der Waals surface area (Å²) in [5.41, 5.74) is -0.0469. The van der Waals surface area contributed by atoms with E-state index in [0.29, 0.717) is 13.0 Å². The molecular weight excluding hydrogens is 324 g/mol. The molecule has 1 amide bonds. The Morgan fingerprint density at radius 1 is 1.33 bits per heavy atom. The molecule has 1 heterocycles. The lowest BCUT2D eigenvalue weighted by Crippen LogP contribution is -2.45. The first-order chi connectivity index (χ1) is 11.3. The highest BCUT2D eigenvalue weighted by atomic mass is 19.3. The number of ether oxygens (including phenoxy) is 2. The van der Waals surface area contributed by atoms with E-state index < -0.39 is 24.4 Å². The average molecular weight is 343 g/mol. The van der Waals surface area contributed by atoms with Gasteiger partial charge in [0.2, 0.25) is 0 Å². The van der Waals surface area contributed by atoms with Crippen LogP contribution in [0.4, 0.5) is 8.78 Å². The average Bonchev–Trinajstić information content (AvgIpc) is 2.52. The predicted octanol–water partition coefficient (Wildman–Crippen LogP) is 2.48. The second kappa shape index (κ2) is 7.46. The summed E-state index contributed by atoms with van der Waals surface area (Å²) in [6, 6.07) is 4.02. The molecule has 0 spiro atoms. The summed E-state index contributed by atoms with van der Waals surface area (Å²) in [5.74, 6) is -2.20. The maximum atomic E-state index is 12.7. The molecule has 1 fully saturated rings. The van der Waals surface area contributed by atoms with Crippen molar-refractivity contribution in [2.24, 2.45) is 11.8 Å². The Bertz CT molecular complexity index is 622. The van der Waals surface area contributed by atoms with Gasteiger partial charge in [-0.1, -0.05) is 6.92 Å². The number of methoxy groups -OCH3 is 1. The molecule has 1 N–H and O–H groups in total. The molecule has 8 heteroatoms. The van der Waals surface area contributed by atoms with Gasteiger partial charge in [-0.15, -0.1) is 0 Å². The molecule has 2 unspecified atom stereocenters. The van der Waals surface area contributed by atoms with E-state index in [2.05, 4.69) is 4.74 Å². The van der Waals surface area contributed by atoms with E-state index in [-0.39, 0.29) is 29.5 Å². The molecule has 24 heavy (non-hydrogen) atoms. The molecule has 1 aliphatic rings. The highest BCUT2D eigenvalue weighted by molar-refractivity contribution is 5.97. The fourth-order valence-electron chi connectivity index (χ4n) is 2.87. The number of hydrogen-bond donors (Lipinski definition) is 1. The number of alkyl halides is 2. The molecule has 0 radical (unpaired) electrons. The zero-order valence-corrected chi connectivity index (χ0v) is 13.4. The monoisotopic (exact) mass is 343 g/mol. The molecule has 1 aromatic rings. The molecule has 1 aliphatic heterocycles. The number of carbonyl (C=O) groups is 2. The zero-order valence-electron chi connectivity index (χ0n) is 13.4. The number of nitrogens with zero attached hydrogens (tertiary/aromatic N) is 1. The first kappa shape index (κ1) is 18.0. The van der Waals surface area contributed by atoms with Gasteiger partial charge in [-0.2, -0.15) is 8.78 Å². The van der Waals surface area contributed by atoms with Crippen LogP contribution in [0.2, 0.25) is 0 Å². The number of likely N-dealkylation sites (tertiary alicyclic amines) is 1. The van der Waals surface area contributed by atoms with Gasteiger partial charge in [-0.05, 0) is 24.5 Å². The maximum absolute atomic E-state index is 12.7. The third-order valence-electron chi connectivity index (χ3n) is 3.93. The van der Waals surface area contributed by atoms with Crippen LogP contribution in [0.5, 0.6) is 11.5 Å². The van der Waals surface area contributed by atoms with Crippen molar-refractivity contribution in [3.05, 3.63) is 23.8 Å². The van der Waals surface area contributed by atoms with Gasteiger partial charge in [0.15, 0.2) is 0 Å². The fourth-order valence-corrected chi connectivity index (χ4v) is 2.87. The maximum Gasteiger partial charge on any atom is 0.387 e. The Balaban J connectivity index is 2.29. The van der Waals surface area contributed by atoms with E-state index in [0.717, 1.165) is 0 Å². The number of amides is 1. The molecule has 6 nitrogen and oxygen atoms in total. The number of carboxylic acid groups (broad SMARTS) is 1. The molecular formula is C16H19F2NO5. The quantitative estimate of drug-likeness (QED) is 0.889. The van der Waals surface area contributed by atoms with Gasteiger partial charge in [0, 0.05) is 19.2 Å². The molecule has 132 valence electrons. The summed E-state index contributed by atoms with van der Waals surface area (Å²) >= 11 is 0. The van der Waals surface area contributed by atoms with Crippen molar-refractivity contribution in [2.45, 2.75) is 20.0 Å². The van der Waals surface area contributed by atoms with Crippen molar-refractivity contribution in [2.75, 3.05) is 20.2 Å². The van der Waals surface area contributed by atoms with Crippen molar-refractivity contribution >= 4 is 11.9 Å². The lowest BCUT2D eigenvalue weighted by molar-refractivity contribution is -0.143. The van der Waals surface area contributed by atoms with Crippen LogP contribution in [0.3, 0.4) is 0 Å². The summed E-state index contributed by atoms with van der Waals surface area (Å²) < 4.78 is 34.6. The molecule has 1 saturated heterocycles. The number of carboxylic acids is 1. The van der Waals surface area contributed by atoms with E-state index in [1.807, 2.05) is 6.92 Å².